The van der Waals surface area contributed by atoms with Crippen molar-refractivity contribution < 1.29 is 14.4 Å². The van der Waals surface area contributed by atoms with Gasteiger partial charge in [0.15, 0.2) is 0 Å². The fourth-order valence-corrected chi connectivity index (χ4v) is 4.85. The summed E-state index contributed by atoms with van der Waals surface area (Å²) < 4.78 is 0. The van der Waals surface area contributed by atoms with Crippen LogP contribution in [-0.2, 0) is 14.4 Å². The Morgan fingerprint density at radius 1 is 1.28 bits per heavy atom. The van der Waals surface area contributed by atoms with Crippen LogP contribution in [0.1, 0.15) is 63.6 Å². The molecule has 0 spiro atoms. The van der Waals surface area contributed by atoms with Crippen LogP contribution in [0.2, 0.25) is 0 Å². The molecule has 1 aromatic heterocycles. The molecule has 32 heavy (non-hydrogen) atoms. The number of amides is 3. The van der Waals surface area contributed by atoms with E-state index in [0.29, 0.717) is 29.9 Å². The number of pyridine rings is 1. The van der Waals surface area contributed by atoms with E-state index in [9.17, 15) is 14.4 Å². The van der Waals surface area contributed by atoms with Crippen molar-refractivity contribution in [3.8, 4) is 0 Å². The topological polar surface area (TPSA) is 141 Å². The zero-order valence-electron chi connectivity index (χ0n) is 19.2. The van der Waals surface area contributed by atoms with Crippen molar-refractivity contribution in [2.45, 2.75) is 71.4 Å². The summed E-state index contributed by atoms with van der Waals surface area (Å²) in [5.41, 5.74) is 6.41. The molecule has 3 rings (SSSR count). The van der Waals surface area contributed by atoms with Gasteiger partial charge in [-0.2, -0.15) is 0 Å². The van der Waals surface area contributed by atoms with E-state index in [4.69, 9.17) is 11.1 Å². The van der Waals surface area contributed by atoms with E-state index in [1.54, 1.807) is 11.8 Å². The van der Waals surface area contributed by atoms with Gasteiger partial charge < -0.3 is 21.3 Å². The van der Waals surface area contributed by atoms with Crippen molar-refractivity contribution in [2.75, 3.05) is 18.4 Å². The maximum absolute atomic E-state index is 13.0. The fraction of sp³-hybridized carbons (Fsp3) is 0.609. The lowest BCUT2D eigenvalue weighted by Gasteiger charge is -2.36. The normalized spacial score (nSPS) is 22.3. The molecule has 0 radical (unpaired) electrons. The van der Waals surface area contributed by atoms with Gasteiger partial charge in [-0.1, -0.05) is 20.3 Å². The molecule has 9 nitrogen and oxygen atoms in total. The van der Waals surface area contributed by atoms with Crippen LogP contribution in [0.15, 0.2) is 12.3 Å². The fourth-order valence-electron chi connectivity index (χ4n) is 4.85. The van der Waals surface area contributed by atoms with Gasteiger partial charge >= 0.3 is 0 Å². The Morgan fingerprint density at radius 3 is 2.72 bits per heavy atom. The van der Waals surface area contributed by atoms with Gasteiger partial charge in [0.25, 0.3) is 5.91 Å². The lowest BCUT2D eigenvalue weighted by Crippen LogP contribution is -2.51. The van der Waals surface area contributed by atoms with E-state index in [1.807, 2.05) is 0 Å². The molecule has 1 unspecified atom stereocenters. The van der Waals surface area contributed by atoms with Gasteiger partial charge in [0.2, 0.25) is 11.8 Å². The van der Waals surface area contributed by atoms with Crippen molar-refractivity contribution in [3.63, 3.8) is 0 Å². The molecule has 2 aliphatic rings. The minimum atomic E-state index is -0.854. The highest BCUT2D eigenvalue weighted by Gasteiger charge is 2.36. The highest BCUT2D eigenvalue weighted by Crippen LogP contribution is 2.35. The zero-order valence-corrected chi connectivity index (χ0v) is 19.2. The summed E-state index contributed by atoms with van der Waals surface area (Å²) >= 11 is 0. The Labute approximate surface area is 189 Å². The van der Waals surface area contributed by atoms with E-state index < -0.39 is 11.9 Å². The van der Waals surface area contributed by atoms with Crippen LogP contribution in [0, 0.1) is 17.7 Å². The molecule has 9 heteroatoms. The SMILES string of the molecule is Cc1nccc(C(=N)C(N)=O)c1NCC(=O)N1CCC[C@H]1C(=O)NC1CCCC(C)(C)C1. The molecule has 5 N–H and O–H groups in total. The molecule has 1 saturated carbocycles. The van der Waals surface area contributed by atoms with Crippen molar-refractivity contribution in [2.24, 2.45) is 11.1 Å². The maximum atomic E-state index is 13.0. The molecular formula is C23H34N6O3. The summed E-state index contributed by atoms with van der Waals surface area (Å²) in [5, 5.41) is 14.1. The quantitative estimate of drug-likeness (QED) is 0.476. The van der Waals surface area contributed by atoms with Crippen LogP contribution < -0.4 is 16.4 Å². The maximum Gasteiger partial charge on any atom is 0.267 e. The van der Waals surface area contributed by atoms with Crippen molar-refractivity contribution in [1.82, 2.24) is 15.2 Å². The number of nitrogens with zero attached hydrogens (tertiary/aromatic N) is 2. The van der Waals surface area contributed by atoms with Crippen LogP contribution in [0.4, 0.5) is 5.69 Å². The Kier molecular flexibility index (Phi) is 7.16. The van der Waals surface area contributed by atoms with Gasteiger partial charge in [-0.3, -0.25) is 24.8 Å². The van der Waals surface area contributed by atoms with Gasteiger partial charge in [-0.05, 0) is 50.5 Å². The summed E-state index contributed by atoms with van der Waals surface area (Å²) in [4.78, 5) is 43.2. The highest BCUT2D eigenvalue weighted by molar-refractivity contribution is 6.44. The third kappa shape index (κ3) is 5.44. The summed E-state index contributed by atoms with van der Waals surface area (Å²) in [6, 6.07) is 1.21. The molecule has 0 aromatic carbocycles. The number of carbonyl (C=O) groups excluding carboxylic acids is 3. The van der Waals surface area contributed by atoms with Gasteiger partial charge in [0, 0.05) is 24.3 Å². The number of aromatic nitrogens is 1. The second kappa shape index (κ2) is 9.67. The van der Waals surface area contributed by atoms with Crippen LogP contribution in [0.3, 0.4) is 0 Å². The van der Waals surface area contributed by atoms with Gasteiger partial charge in [-0.25, -0.2) is 0 Å². The molecule has 2 fully saturated rings. The largest absolute Gasteiger partial charge is 0.374 e. The number of carbonyl (C=O) groups is 3. The first-order chi connectivity index (χ1) is 15.1. The molecule has 0 bridgehead atoms. The minimum Gasteiger partial charge on any atom is -0.374 e. The molecule has 1 saturated heterocycles. The number of primary amides is 1. The first kappa shape index (κ1) is 23.7. The number of hydrogen-bond acceptors (Lipinski definition) is 6. The third-order valence-corrected chi connectivity index (χ3v) is 6.50. The summed E-state index contributed by atoms with van der Waals surface area (Å²) in [6.07, 6.45) is 7.12. The number of nitrogens with two attached hydrogens (primary N) is 1. The predicted octanol–water partition coefficient (Wildman–Crippen LogP) is 1.73. The molecule has 1 aliphatic heterocycles. The summed E-state index contributed by atoms with van der Waals surface area (Å²) in [6.45, 7) is 6.66. The first-order valence-corrected chi connectivity index (χ1v) is 11.3. The van der Waals surface area contributed by atoms with Gasteiger partial charge in [0.05, 0.1) is 17.9 Å². The molecule has 1 aromatic rings. The first-order valence-electron chi connectivity index (χ1n) is 11.3. The summed E-state index contributed by atoms with van der Waals surface area (Å²) in [5.74, 6) is -1.13. The molecular weight excluding hydrogens is 408 g/mol. The molecule has 2 atom stereocenters. The number of anilines is 1. The highest BCUT2D eigenvalue weighted by atomic mass is 16.2. The van der Waals surface area contributed by atoms with E-state index >= 15 is 0 Å². The van der Waals surface area contributed by atoms with E-state index in [-0.39, 0.29) is 35.5 Å². The van der Waals surface area contributed by atoms with E-state index in [1.165, 1.54) is 18.7 Å². The number of aryl methyl sites for hydroxylation is 1. The Balaban J connectivity index is 1.64. The average molecular weight is 443 g/mol. The van der Waals surface area contributed by atoms with Crippen molar-refractivity contribution in [1.29, 1.82) is 5.41 Å². The van der Waals surface area contributed by atoms with Gasteiger partial charge in [-0.15, -0.1) is 0 Å². The number of likely N-dealkylation sites (tertiary alicyclic amines) is 1. The zero-order chi connectivity index (χ0) is 23.5. The van der Waals surface area contributed by atoms with Crippen LogP contribution in [-0.4, -0.2) is 58.5 Å². The van der Waals surface area contributed by atoms with E-state index in [2.05, 4.69) is 29.5 Å². The minimum absolute atomic E-state index is 0.0637. The average Bonchev–Trinajstić information content (AvgIpc) is 3.21. The molecule has 174 valence electrons. The standard InChI is InChI=1S/C23H34N6O3/c1-14-20(16(8-10-26-14)19(24)21(25)31)27-13-18(30)29-11-5-7-17(29)22(32)28-15-6-4-9-23(2,3)12-15/h8,10,15,17,24,27H,4-7,9,11-13H2,1-3H3,(H2,25,31)(H,28,32)/t15?,17-/m0/s1. The Morgan fingerprint density at radius 2 is 2.03 bits per heavy atom. The van der Waals surface area contributed by atoms with Crippen molar-refractivity contribution >= 4 is 29.1 Å². The number of nitrogens with one attached hydrogen (secondary N) is 3. The van der Waals surface area contributed by atoms with Gasteiger partial charge in [0.1, 0.15) is 11.8 Å². The lowest BCUT2D eigenvalue weighted by molar-refractivity contribution is -0.137. The van der Waals surface area contributed by atoms with Crippen LogP contribution in [0.25, 0.3) is 0 Å². The van der Waals surface area contributed by atoms with E-state index in [0.717, 1.165) is 25.7 Å². The van der Waals surface area contributed by atoms with Crippen LogP contribution in [0.5, 0.6) is 0 Å². The molecule has 1 aliphatic carbocycles. The monoisotopic (exact) mass is 442 g/mol. The third-order valence-electron chi connectivity index (χ3n) is 6.50. The smallest absolute Gasteiger partial charge is 0.267 e. The number of hydrogen-bond donors (Lipinski definition) is 4. The molecule has 2 heterocycles. The Hall–Kier alpha value is -2.97. The lowest BCUT2D eigenvalue weighted by atomic mass is 9.75. The van der Waals surface area contributed by atoms with Crippen molar-refractivity contribution in [3.05, 3.63) is 23.5 Å². The Bertz CT molecular complexity index is 913. The second-order valence-corrected chi connectivity index (χ2v) is 9.62. The van der Waals surface area contributed by atoms with Crippen LogP contribution >= 0.6 is 0 Å². The number of rotatable bonds is 7. The second-order valence-electron chi connectivity index (χ2n) is 9.62. The summed E-state index contributed by atoms with van der Waals surface area (Å²) in [7, 11) is 0. The molecule has 3 amide bonds. The predicted molar refractivity (Wildman–Crippen MR) is 122 cm³/mol.